The Morgan fingerprint density at radius 3 is 2.80 bits per heavy atom. The zero-order valence-electron chi connectivity index (χ0n) is 9.45. The van der Waals surface area contributed by atoms with Crippen LogP contribution in [-0.2, 0) is 0 Å². The first-order valence-corrected chi connectivity index (χ1v) is 5.87. The quantitative estimate of drug-likeness (QED) is 0.496. The lowest BCUT2D eigenvalue weighted by atomic mass is 9.98. The molecule has 86 valence electrons. The van der Waals surface area contributed by atoms with Gasteiger partial charge in [0.25, 0.3) is 0 Å². The van der Waals surface area contributed by atoms with Crippen LogP contribution in [0.15, 0.2) is 4.99 Å². The highest BCUT2D eigenvalue weighted by Gasteiger charge is 2.27. The Kier molecular flexibility index (Phi) is 2.87. The topological polar surface area (TPSA) is 61.8 Å². The molecule has 1 saturated carbocycles. The Morgan fingerprint density at radius 1 is 1.40 bits per heavy atom. The van der Waals surface area contributed by atoms with Crippen molar-refractivity contribution in [3.63, 3.8) is 0 Å². The van der Waals surface area contributed by atoms with Crippen LogP contribution in [-0.4, -0.2) is 40.7 Å². The van der Waals surface area contributed by atoms with Crippen LogP contribution in [0.5, 0.6) is 0 Å². The second-order valence-corrected chi connectivity index (χ2v) is 5.06. The second kappa shape index (κ2) is 4.00. The molecule has 0 amide bonds. The van der Waals surface area contributed by atoms with Crippen molar-refractivity contribution in [2.24, 2.45) is 10.7 Å². The highest BCUT2D eigenvalue weighted by atomic mass is 16.3. The molecule has 1 unspecified atom stereocenters. The SMILES string of the molecule is CC1(O)CCCN(C(N)=NC2CC2)CC1. The predicted molar refractivity (Wildman–Crippen MR) is 60.7 cm³/mol. The van der Waals surface area contributed by atoms with E-state index in [2.05, 4.69) is 9.89 Å². The van der Waals surface area contributed by atoms with Crippen molar-refractivity contribution < 1.29 is 5.11 Å². The van der Waals surface area contributed by atoms with Gasteiger partial charge in [-0.1, -0.05) is 0 Å². The lowest BCUT2D eigenvalue weighted by Crippen LogP contribution is -2.39. The molecular weight excluding hydrogens is 190 g/mol. The Bertz CT molecular complexity index is 259. The van der Waals surface area contributed by atoms with E-state index in [1.54, 1.807) is 0 Å². The first-order chi connectivity index (χ1) is 7.07. The standard InChI is InChI=1S/C11H21N3O/c1-11(15)5-2-7-14(8-6-11)10(12)13-9-3-4-9/h9,15H,2-8H2,1H3,(H2,12,13). The van der Waals surface area contributed by atoms with Gasteiger partial charge in [-0.15, -0.1) is 0 Å². The molecule has 4 nitrogen and oxygen atoms in total. The van der Waals surface area contributed by atoms with Gasteiger partial charge in [-0.05, 0) is 39.0 Å². The Hall–Kier alpha value is -0.770. The van der Waals surface area contributed by atoms with Crippen LogP contribution >= 0.6 is 0 Å². The van der Waals surface area contributed by atoms with Crippen molar-refractivity contribution in [1.29, 1.82) is 0 Å². The molecular formula is C11H21N3O. The summed E-state index contributed by atoms with van der Waals surface area (Å²) < 4.78 is 0. The predicted octanol–water partition coefficient (Wildman–Crippen LogP) is 0.700. The molecule has 2 fully saturated rings. The van der Waals surface area contributed by atoms with Crippen LogP contribution in [0.4, 0.5) is 0 Å². The van der Waals surface area contributed by atoms with E-state index < -0.39 is 5.60 Å². The third-order valence-electron chi connectivity index (χ3n) is 3.25. The van der Waals surface area contributed by atoms with E-state index >= 15 is 0 Å². The molecule has 15 heavy (non-hydrogen) atoms. The maximum Gasteiger partial charge on any atom is 0.191 e. The van der Waals surface area contributed by atoms with Gasteiger partial charge >= 0.3 is 0 Å². The largest absolute Gasteiger partial charge is 0.390 e. The summed E-state index contributed by atoms with van der Waals surface area (Å²) in [5, 5.41) is 9.94. The number of hydrogen-bond donors (Lipinski definition) is 2. The number of hydrogen-bond acceptors (Lipinski definition) is 2. The van der Waals surface area contributed by atoms with Gasteiger partial charge in [0, 0.05) is 13.1 Å². The number of nitrogens with zero attached hydrogens (tertiary/aromatic N) is 2. The van der Waals surface area contributed by atoms with Gasteiger partial charge in [0.1, 0.15) is 0 Å². The van der Waals surface area contributed by atoms with Crippen molar-refractivity contribution in [1.82, 2.24) is 4.90 Å². The molecule has 0 aromatic heterocycles. The molecule has 2 rings (SSSR count). The van der Waals surface area contributed by atoms with Crippen LogP contribution in [0.3, 0.4) is 0 Å². The minimum atomic E-state index is -0.519. The smallest absolute Gasteiger partial charge is 0.191 e. The zero-order chi connectivity index (χ0) is 10.9. The molecule has 0 spiro atoms. The Labute approximate surface area is 91.2 Å². The van der Waals surface area contributed by atoms with Gasteiger partial charge in [0.15, 0.2) is 5.96 Å². The van der Waals surface area contributed by atoms with Crippen LogP contribution in [0, 0.1) is 0 Å². The molecule has 1 saturated heterocycles. The van der Waals surface area contributed by atoms with Gasteiger partial charge in [0.2, 0.25) is 0 Å². The van der Waals surface area contributed by atoms with E-state index in [0.29, 0.717) is 12.0 Å². The third-order valence-corrected chi connectivity index (χ3v) is 3.25. The molecule has 3 N–H and O–H groups in total. The van der Waals surface area contributed by atoms with Crippen LogP contribution in [0.25, 0.3) is 0 Å². The molecule has 1 heterocycles. The van der Waals surface area contributed by atoms with Crippen LogP contribution in [0.2, 0.25) is 0 Å². The summed E-state index contributed by atoms with van der Waals surface area (Å²) in [4.78, 5) is 6.55. The summed E-state index contributed by atoms with van der Waals surface area (Å²) in [6.07, 6.45) is 5.01. The lowest BCUT2D eigenvalue weighted by molar-refractivity contribution is 0.0462. The molecule has 0 bridgehead atoms. The molecule has 0 radical (unpaired) electrons. The number of aliphatic hydroxyl groups is 1. The molecule has 1 aliphatic heterocycles. The number of rotatable bonds is 1. The number of nitrogens with two attached hydrogens (primary N) is 1. The molecule has 0 aromatic rings. The summed E-state index contributed by atoms with van der Waals surface area (Å²) in [6.45, 7) is 3.66. The summed E-state index contributed by atoms with van der Waals surface area (Å²) in [6, 6.07) is 0.480. The minimum absolute atomic E-state index is 0.480. The summed E-state index contributed by atoms with van der Waals surface area (Å²) in [7, 11) is 0. The molecule has 4 heteroatoms. The molecule has 1 atom stereocenters. The Morgan fingerprint density at radius 2 is 2.13 bits per heavy atom. The fraction of sp³-hybridized carbons (Fsp3) is 0.909. The van der Waals surface area contributed by atoms with E-state index in [4.69, 9.17) is 5.73 Å². The average molecular weight is 211 g/mol. The maximum absolute atomic E-state index is 9.94. The van der Waals surface area contributed by atoms with Crippen molar-refractivity contribution in [2.75, 3.05) is 13.1 Å². The van der Waals surface area contributed by atoms with Gasteiger partial charge in [-0.25, -0.2) is 4.99 Å². The van der Waals surface area contributed by atoms with Crippen molar-refractivity contribution in [3.8, 4) is 0 Å². The number of guanidine groups is 1. The van der Waals surface area contributed by atoms with Gasteiger partial charge < -0.3 is 15.7 Å². The first kappa shape index (κ1) is 10.7. The number of aliphatic imine (C=N–C) groups is 1. The fourth-order valence-corrected chi connectivity index (χ4v) is 1.96. The first-order valence-electron chi connectivity index (χ1n) is 5.87. The van der Waals surface area contributed by atoms with Crippen molar-refractivity contribution >= 4 is 5.96 Å². The monoisotopic (exact) mass is 211 g/mol. The lowest BCUT2D eigenvalue weighted by Gasteiger charge is -2.23. The summed E-state index contributed by atoms with van der Waals surface area (Å²) in [5.41, 5.74) is 5.42. The van der Waals surface area contributed by atoms with Gasteiger partial charge in [-0.3, -0.25) is 0 Å². The summed E-state index contributed by atoms with van der Waals surface area (Å²) in [5.74, 6) is 0.676. The average Bonchev–Trinajstić information content (AvgIpc) is 2.93. The van der Waals surface area contributed by atoms with E-state index in [0.717, 1.165) is 32.4 Å². The van der Waals surface area contributed by atoms with Crippen LogP contribution < -0.4 is 5.73 Å². The molecule has 2 aliphatic rings. The zero-order valence-corrected chi connectivity index (χ0v) is 9.45. The van der Waals surface area contributed by atoms with E-state index in [1.165, 1.54) is 12.8 Å². The second-order valence-electron chi connectivity index (χ2n) is 5.06. The maximum atomic E-state index is 9.94. The normalized spacial score (nSPS) is 34.0. The van der Waals surface area contributed by atoms with E-state index in [9.17, 15) is 5.11 Å². The fourth-order valence-electron chi connectivity index (χ4n) is 1.96. The highest BCUT2D eigenvalue weighted by molar-refractivity contribution is 5.78. The Balaban J connectivity index is 1.92. The van der Waals surface area contributed by atoms with E-state index in [1.807, 2.05) is 6.92 Å². The number of likely N-dealkylation sites (tertiary alicyclic amines) is 1. The summed E-state index contributed by atoms with van der Waals surface area (Å²) >= 11 is 0. The van der Waals surface area contributed by atoms with Crippen LogP contribution in [0.1, 0.15) is 39.0 Å². The molecule has 0 aromatic carbocycles. The third kappa shape index (κ3) is 3.09. The van der Waals surface area contributed by atoms with Gasteiger partial charge in [0.05, 0.1) is 11.6 Å². The van der Waals surface area contributed by atoms with Crippen molar-refractivity contribution in [3.05, 3.63) is 0 Å². The van der Waals surface area contributed by atoms with Gasteiger partial charge in [-0.2, -0.15) is 0 Å². The van der Waals surface area contributed by atoms with Crippen molar-refractivity contribution in [2.45, 2.75) is 50.7 Å². The highest BCUT2D eigenvalue weighted by Crippen LogP contribution is 2.25. The molecule has 1 aliphatic carbocycles. The minimum Gasteiger partial charge on any atom is -0.390 e. The van der Waals surface area contributed by atoms with E-state index in [-0.39, 0.29) is 0 Å².